The van der Waals surface area contributed by atoms with E-state index in [1.54, 1.807) is 7.05 Å². The van der Waals surface area contributed by atoms with Gasteiger partial charge in [-0.2, -0.15) is 13.2 Å². The molecule has 0 aromatic carbocycles. The maximum atomic E-state index is 12.6. The fourth-order valence-corrected chi connectivity index (χ4v) is 2.34. The van der Waals surface area contributed by atoms with Gasteiger partial charge in [0.15, 0.2) is 0 Å². The van der Waals surface area contributed by atoms with Gasteiger partial charge < -0.3 is 16.0 Å². The fourth-order valence-electron chi connectivity index (χ4n) is 2.34. The predicted octanol–water partition coefficient (Wildman–Crippen LogP) is 1.28. The molecule has 1 aliphatic rings. The first-order chi connectivity index (χ1) is 10.0. The molecule has 0 aliphatic carbocycles. The normalized spacial score (nSPS) is 24.1. The molecule has 1 fully saturated rings. The van der Waals surface area contributed by atoms with E-state index in [2.05, 4.69) is 0 Å². The Morgan fingerprint density at radius 1 is 1.41 bits per heavy atom. The number of nitrogens with one attached hydrogen (secondary N) is 1. The van der Waals surface area contributed by atoms with Crippen LogP contribution in [-0.4, -0.2) is 48.6 Å². The molecule has 3 unspecified atom stereocenters. The lowest BCUT2D eigenvalue weighted by atomic mass is 9.92. The van der Waals surface area contributed by atoms with Crippen molar-refractivity contribution in [3.05, 3.63) is 0 Å². The molecule has 0 spiro atoms. The van der Waals surface area contributed by atoms with Crippen LogP contribution in [0.25, 0.3) is 0 Å². The van der Waals surface area contributed by atoms with E-state index in [0.29, 0.717) is 13.0 Å². The van der Waals surface area contributed by atoms with Gasteiger partial charge in [0, 0.05) is 19.6 Å². The van der Waals surface area contributed by atoms with E-state index in [4.69, 9.17) is 5.73 Å². The van der Waals surface area contributed by atoms with Gasteiger partial charge in [-0.15, -0.1) is 0 Å². The summed E-state index contributed by atoms with van der Waals surface area (Å²) in [6, 6.07) is -1.92. The first-order valence-electron chi connectivity index (χ1n) is 7.41. The molecule has 2 amide bonds. The topological polar surface area (TPSA) is 75.4 Å². The van der Waals surface area contributed by atoms with E-state index < -0.39 is 30.0 Å². The number of nitrogens with zero attached hydrogens (tertiary/aromatic N) is 1. The largest absolute Gasteiger partial charge is 0.408 e. The number of rotatable bonds is 5. The van der Waals surface area contributed by atoms with Crippen molar-refractivity contribution in [2.75, 3.05) is 13.6 Å². The molecule has 22 heavy (non-hydrogen) atoms. The SMILES string of the molecule is CC(C)C(N)CCN(C)C(=O)C1CCC(C(F)(F)F)NC1=O. The van der Waals surface area contributed by atoms with E-state index in [9.17, 15) is 22.8 Å². The van der Waals surface area contributed by atoms with E-state index in [-0.39, 0.29) is 24.8 Å². The molecule has 0 bridgehead atoms. The minimum Gasteiger partial charge on any atom is -0.345 e. The van der Waals surface area contributed by atoms with Crippen molar-refractivity contribution >= 4 is 11.8 Å². The molecule has 0 aromatic rings. The summed E-state index contributed by atoms with van der Waals surface area (Å²) in [5.74, 6) is -2.07. The molecule has 1 aliphatic heterocycles. The lowest BCUT2D eigenvalue weighted by Gasteiger charge is -2.32. The number of amides is 2. The van der Waals surface area contributed by atoms with Crippen molar-refractivity contribution in [2.24, 2.45) is 17.6 Å². The minimum atomic E-state index is -4.47. The van der Waals surface area contributed by atoms with Crippen molar-refractivity contribution in [3.63, 3.8) is 0 Å². The second-order valence-electron chi connectivity index (χ2n) is 6.19. The summed E-state index contributed by atoms with van der Waals surface area (Å²) in [5, 5.41) is 1.89. The number of alkyl halides is 3. The molecule has 0 saturated carbocycles. The van der Waals surface area contributed by atoms with Gasteiger partial charge in [-0.1, -0.05) is 13.8 Å². The lowest BCUT2D eigenvalue weighted by molar-refractivity contribution is -0.172. The molecule has 5 nitrogen and oxygen atoms in total. The van der Waals surface area contributed by atoms with Crippen molar-refractivity contribution < 1.29 is 22.8 Å². The van der Waals surface area contributed by atoms with Gasteiger partial charge in [-0.3, -0.25) is 9.59 Å². The van der Waals surface area contributed by atoms with Gasteiger partial charge in [0.1, 0.15) is 12.0 Å². The maximum Gasteiger partial charge on any atom is 0.408 e. The van der Waals surface area contributed by atoms with Crippen LogP contribution in [0, 0.1) is 11.8 Å². The molecule has 8 heteroatoms. The zero-order valence-corrected chi connectivity index (χ0v) is 13.1. The Kier molecular flexibility index (Phi) is 6.22. The standard InChI is InChI=1S/C14H24F3N3O2/c1-8(2)10(18)6-7-20(3)13(22)9-4-5-11(14(15,16)17)19-12(9)21/h8-11H,4-7,18H2,1-3H3,(H,19,21). The second kappa shape index (κ2) is 7.30. The van der Waals surface area contributed by atoms with Gasteiger partial charge in [0.25, 0.3) is 0 Å². The van der Waals surface area contributed by atoms with Gasteiger partial charge in [-0.05, 0) is 25.2 Å². The van der Waals surface area contributed by atoms with Crippen molar-refractivity contribution in [2.45, 2.75) is 51.4 Å². The zero-order valence-electron chi connectivity index (χ0n) is 13.1. The molecule has 0 aromatic heterocycles. The van der Waals surface area contributed by atoms with Crippen LogP contribution in [0.1, 0.15) is 33.1 Å². The average Bonchev–Trinajstić information content (AvgIpc) is 2.42. The van der Waals surface area contributed by atoms with Gasteiger partial charge >= 0.3 is 6.18 Å². The number of hydrogen-bond donors (Lipinski definition) is 2. The number of carbonyl (C=O) groups is 2. The first-order valence-corrected chi connectivity index (χ1v) is 7.41. The first kappa shape index (κ1) is 18.7. The van der Waals surface area contributed by atoms with Gasteiger partial charge in [0.05, 0.1) is 0 Å². The summed E-state index contributed by atoms with van der Waals surface area (Å²) in [7, 11) is 1.54. The summed E-state index contributed by atoms with van der Waals surface area (Å²) in [6.07, 6.45) is -4.25. The third kappa shape index (κ3) is 4.86. The number of hydrogen-bond acceptors (Lipinski definition) is 3. The monoisotopic (exact) mass is 323 g/mol. The van der Waals surface area contributed by atoms with Crippen LogP contribution in [0.2, 0.25) is 0 Å². The number of carbonyl (C=O) groups excluding carboxylic acids is 2. The number of nitrogens with two attached hydrogens (primary N) is 1. The third-order valence-electron chi connectivity index (χ3n) is 4.10. The van der Waals surface area contributed by atoms with E-state index >= 15 is 0 Å². The summed E-state index contributed by atoms with van der Waals surface area (Å²) >= 11 is 0. The smallest absolute Gasteiger partial charge is 0.345 e. The molecule has 1 heterocycles. The Morgan fingerprint density at radius 3 is 2.45 bits per heavy atom. The number of piperidine rings is 1. The molecule has 0 radical (unpaired) electrons. The summed E-state index contributed by atoms with van der Waals surface area (Å²) in [6.45, 7) is 4.32. The van der Waals surface area contributed by atoms with Crippen LogP contribution < -0.4 is 11.1 Å². The number of halogens is 3. The Bertz CT molecular complexity index is 413. The van der Waals surface area contributed by atoms with Gasteiger partial charge in [0.2, 0.25) is 11.8 Å². The second-order valence-corrected chi connectivity index (χ2v) is 6.19. The molecule has 1 rings (SSSR count). The van der Waals surface area contributed by atoms with Crippen LogP contribution in [0.5, 0.6) is 0 Å². The highest BCUT2D eigenvalue weighted by molar-refractivity contribution is 6.00. The van der Waals surface area contributed by atoms with Crippen LogP contribution >= 0.6 is 0 Å². The van der Waals surface area contributed by atoms with Gasteiger partial charge in [-0.25, -0.2) is 0 Å². The van der Waals surface area contributed by atoms with Crippen LogP contribution in [-0.2, 0) is 9.59 Å². The van der Waals surface area contributed by atoms with Crippen LogP contribution in [0.4, 0.5) is 13.2 Å². The highest BCUT2D eigenvalue weighted by atomic mass is 19.4. The summed E-state index contributed by atoms with van der Waals surface area (Å²) < 4.78 is 37.7. The summed E-state index contributed by atoms with van der Waals surface area (Å²) in [4.78, 5) is 25.3. The molecular formula is C14H24F3N3O2. The highest BCUT2D eigenvalue weighted by Crippen LogP contribution is 2.29. The van der Waals surface area contributed by atoms with Crippen molar-refractivity contribution in [1.29, 1.82) is 0 Å². The van der Waals surface area contributed by atoms with Crippen LogP contribution in [0.15, 0.2) is 0 Å². The van der Waals surface area contributed by atoms with Crippen LogP contribution in [0.3, 0.4) is 0 Å². The fraction of sp³-hybridized carbons (Fsp3) is 0.857. The maximum absolute atomic E-state index is 12.6. The Morgan fingerprint density at radius 2 is 2.00 bits per heavy atom. The highest BCUT2D eigenvalue weighted by Gasteiger charge is 2.46. The van der Waals surface area contributed by atoms with Crippen molar-refractivity contribution in [3.8, 4) is 0 Å². The summed E-state index contributed by atoms with van der Waals surface area (Å²) in [5.41, 5.74) is 5.89. The molecule has 3 N–H and O–H groups in total. The molecule has 128 valence electrons. The lowest BCUT2D eigenvalue weighted by Crippen LogP contribution is -2.54. The van der Waals surface area contributed by atoms with E-state index in [1.165, 1.54) is 4.90 Å². The molecular weight excluding hydrogens is 299 g/mol. The Hall–Kier alpha value is -1.31. The predicted molar refractivity (Wildman–Crippen MR) is 75.8 cm³/mol. The minimum absolute atomic E-state index is 0.0648. The Balaban J connectivity index is 2.54. The quantitative estimate of drug-likeness (QED) is 0.748. The Labute approximate surface area is 128 Å². The zero-order chi connectivity index (χ0) is 17.1. The third-order valence-corrected chi connectivity index (χ3v) is 4.10. The molecule has 1 saturated heterocycles. The van der Waals surface area contributed by atoms with E-state index in [1.807, 2.05) is 19.2 Å². The average molecular weight is 323 g/mol. The van der Waals surface area contributed by atoms with E-state index in [0.717, 1.165) is 0 Å². The molecule has 3 atom stereocenters. The van der Waals surface area contributed by atoms with Crippen molar-refractivity contribution in [1.82, 2.24) is 10.2 Å².